The van der Waals surface area contributed by atoms with Gasteiger partial charge in [0.25, 0.3) is 0 Å². The standard InChI is InChI=1S/C17H26N4O/c1-3-4-5-6-7-8-9-10-17(22)21-16-11-12-18-13-15(16)19-14(2)20-21/h11-13H,3-10H2,1-2H3,(H,19,20). The number of rotatable bonds is 8. The van der Waals surface area contributed by atoms with Crippen LogP contribution in [0.5, 0.6) is 0 Å². The number of fused-ring (bicyclic) bond motifs is 1. The van der Waals surface area contributed by atoms with Crippen molar-refractivity contribution in [3.8, 4) is 0 Å². The summed E-state index contributed by atoms with van der Waals surface area (Å²) >= 11 is 0. The van der Waals surface area contributed by atoms with Crippen LogP contribution in [0.1, 0.15) is 65.2 Å². The van der Waals surface area contributed by atoms with Crippen molar-refractivity contribution in [1.29, 1.82) is 0 Å². The number of aromatic nitrogens is 1. The topological polar surface area (TPSA) is 57.6 Å². The van der Waals surface area contributed by atoms with E-state index in [-0.39, 0.29) is 5.91 Å². The Hall–Kier alpha value is -1.91. The number of pyridine rings is 1. The summed E-state index contributed by atoms with van der Waals surface area (Å²) in [5.74, 6) is 0.809. The van der Waals surface area contributed by atoms with E-state index in [0.717, 1.165) is 24.2 Å². The number of anilines is 1. The van der Waals surface area contributed by atoms with Gasteiger partial charge in [0.15, 0.2) is 0 Å². The number of hydrazine groups is 1. The Balaban J connectivity index is 1.80. The van der Waals surface area contributed by atoms with E-state index >= 15 is 0 Å². The molecule has 1 N–H and O–H groups in total. The fourth-order valence-electron chi connectivity index (χ4n) is 2.62. The van der Waals surface area contributed by atoms with E-state index in [0.29, 0.717) is 12.3 Å². The molecule has 5 nitrogen and oxygen atoms in total. The van der Waals surface area contributed by atoms with Crippen molar-refractivity contribution < 1.29 is 4.79 Å². The summed E-state index contributed by atoms with van der Waals surface area (Å²) in [7, 11) is 0. The summed E-state index contributed by atoms with van der Waals surface area (Å²) in [4.78, 5) is 20.9. The van der Waals surface area contributed by atoms with Crippen molar-refractivity contribution in [1.82, 2.24) is 10.4 Å². The highest BCUT2D eigenvalue weighted by Gasteiger charge is 2.22. The highest BCUT2D eigenvalue weighted by atomic mass is 16.2. The lowest BCUT2D eigenvalue weighted by atomic mass is 10.1. The Morgan fingerprint density at radius 1 is 1.18 bits per heavy atom. The van der Waals surface area contributed by atoms with Gasteiger partial charge in [0.1, 0.15) is 11.5 Å². The average molecular weight is 302 g/mol. The smallest absolute Gasteiger partial charge is 0.245 e. The van der Waals surface area contributed by atoms with Gasteiger partial charge in [-0.3, -0.25) is 15.2 Å². The average Bonchev–Trinajstić information content (AvgIpc) is 2.53. The molecular weight excluding hydrogens is 276 g/mol. The van der Waals surface area contributed by atoms with Crippen LogP contribution in [-0.2, 0) is 4.79 Å². The van der Waals surface area contributed by atoms with Crippen LogP contribution in [-0.4, -0.2) is 16.7 Å². The highest BCUT2D eigenvalue weighted by molar-refractivity contribution is 6.02. The number of aliphatic imine (C=N–C) groups is 1. The number of amidine groups is 1. The zero-order valence-electron chi connectivity index (χ0n) is 13.6. The fraction of sp³-hybridized carbons (Fsp3) is 0.588. The molecule has 0 aliphatic carbocycles. The van der Waals surface area contributed by atoms with Gasteiger partial charge < -0.3 is 0 Å². The van der Waals surface area contributed by atoms with Gasteiger partial charge in [0, 0.05) is 12.6 Å². The molecule has 0 spiro atoms. The molecule has 5 heteroatoms. The first-order valence-corrected chi connectivity index (χ1v) is 8.31. The van der Waals surface area contributed by atoms with Gasteiger partial charge in [0.05, 0.1) is 11.9 Å². The van der Waals surface area contributed by atoms with E-state index in [1.807, 2.05) is 13.0 Å². The third-order valence-electron chi connectivity index (χ3n) is 3.82. The fourth-order valence-corrected chi connectivity index (χ4v) is 2.62. The first kappa shape index (κ1) is 16.5. The summed E-state index contributed by atoms with van der Waals surface area (Å²) < 4.78 is 0. The maximum absolute atomic E-state index is 12.4. The van der Waals surface area contributed by atoms with E-state index in [1.54, 1.807) is 17.4 Å². The van der Waals surface area contributed by atoms with E-state index in [1.165, 1.54) is 32.1 Å². The van der Waals surface area contributed by atoms with Gasteiger partial charge >= 0.3 is 0 Å². The molecule has 2 rings (SSSR count). The Morgan fingerprint density at radius 3 is 2.68 bits per heavy atom. The van der Waals surface area contributed by atoms with Gasteiger partial charge in [-0.25, -0.2) is 10.0 Å². The predicted molar refractivity (Wildman–Crippen MR) is 90.2 cm³/mol. The Kier molecular flexibility index (Phi) is 6.37. The second-order valence-electron chi connectivity index (χ2n) is 5.77. The highest BCUT2D eigenvalue weighted by Crippen LogP contribution is 2.29. The molecule has 0 saturated carbocycles. The molecular formula is C17H26N4O. The number of hydrogen-bond acceptors (Lipinski definition) is 4. The summed E-state index contributed by atoms with van der Waals surface area (Å²) in [5, 5.41) is 1.61. The van der Waals surface area contributed by atoms with Crippen LogP contribution in [0.4, 0.5) is 11.4 Å². The van der Waals surface area contributed by atoms with Crippen LogP contribution >= 0.6 is 0 Å². The summed E-state index contributed by atoms with van der Waals surface area (Å²) in [5.41, 5.74) is 4.58. The minimum atomic E-state index is 0.0928. The van der Waals surface area contributed by atoms with Crippen LogP contribution in [0.2, 0.25) is 0 Å². The molecule has 1 aliphatic heterocycles. The number of amides is 1. The molecule has 1 amide bonds. The molecule has 0 aromatic carbocycles. The zero-order valence-corrected chi connectivity index (χ0v) is 13.6. The molecule has 0 fully saturated rings. The molecule has 1 aromatic rings. The van der Waals surface area contributed by atoms with Crippen molar-refractivity contribution in [2.45, 2.75) is 65.2 Å². The van der Waals surface area contributed by atoms with E-state index < -0.39 is 0 Å². The quantitative estimate of drug-likeness (QED) is 0.735. The van der Waals surface area contributed by atoms with Crippen LogP contribution in [0.25, 0.3) is 0 Å². The maximum atomic E-state index is 12.4. The Labute approximate surface area is 132 Å². The normalized spacial score (nSPS) is 13.4. The molecule has 120 valence electrons. The lowest BCUT2D eigenvalue weighted by Crippen LogP contribution is -2.47. The second kappa shape index (κ2) is 8.51. The number of unbranched alkanes of at least 4 members (excludes halogenated alkanes) is 6. The second-order valence-corrected chi connectivity index (χ2v) is 5.77. The molecule has 0 unspecified atom stereocenters. The van der Waals surface area contributed by atoms with Gasteiger partial charge in [-0.15, -0.1) is 0 Å². The molecule has 1 aromatic heterocycles. The summed E-state index contributed by atoms with van der Waals surface area (Å²) in [6.45, 7) is 4.08. The third-order valence-corrected chi connectivity index (χ3v) is 3.82. The molecule has 0 radical (unpaired) electrons. The maximum Gasteiger partial charge on any atom is 0.245 e. The van der Waals surface area contributed by atoms with Crippen molar-refractivity contribution in [2.75, 3.05) is 5.01 Å². The van der Waals surface area contributed by atoms with Gasteiger partial charge in [-0.2, -0.15) is 0 Å². The first-order chi connectivity index (χ1) is 10.7. The Bertz CT molecular complexity index is 527. The SMILES string of the molecule is CCCCCCCCCC(=O)N1NC(C)=Nc2cnccc21. The first-order valence-electron chi connectivity index (χ1n) is 8.31. The number of carbonyl (C=O) groups excluding carboxylic acids is 1. The van der Waals surface area contributed by atoms with Crippen LogP contribution in [0.3, 0.4) is 0 Å². The Morgan fingerprint density at radius 2 is 1.91 bits per heavy atom. The largest absolute Gasteiger partial charge is 0.278 e. The zero-order chi connectivity index (χ0) is 15.8. The lowest BCUT2D eigenvalue weighted by Gasteiger charge is -2.28. The number of nitrogens with zero attached hydrogens (tertiary/aromatic N) is 3. The molecule has 22 heavy (non-hydrogen) atoms. The van der Waals surface area contributed by atoms with Crippen molar-refractivity contribution >= 4 is 23.1 Å². The molecule has 2 heterocycles. The summed E-state index contributed by atoms with van der Waals surface area (Å²) in [6.07, 6.45) is 12.4. The van der Waals surface area contributed by atoms with Crippen LogP contribution < -0.4 is 10.4 Å². The molecule has 0 bridgehead atoms. The van der Waals surface area contributed by atoms with Crippen LogP contribution in [0, 0.1) is 0 Å². The predicted octanol–water partition coefficient (Wildman–Crippen LogP) is 4.12. The van der Waals surface area contributed by atoms with Gasteiger partial charge in [0.2, 0.25) is 5.91 Å². The number of nitrogens with one attached hydrogen (secondary N) is 1. The van der Waals surface area contributed by atoms with Crippen molar-refractivity contribution in [3.63, 3.8) is 0 Å². The minimum Gasteiger partial charge on any atom is -0.278 e. The molecule has 1 aliphatic rings. The lowest BCUT2D eigenvalue weighted by molar-refractivity contribution is -0.119. The van der Waals surface area contributed by atoms with Gasteiger partial charge in [-0.1, -0.05) is 45.4 Å². The number of carbonyl (C=O) groups is 1. The summed E-state index contributed by atoms with van der Waals surface area (Å²) in [6, 6.07) is 1.82. The van der Waals surface area contributed by atoms with Crippen molar-refractivity contribution in [2.24, 2.45) is 4.99 Å². The van der Waals surface area contributed by atoms with E-state index in [9.17, 15) is 4.79 Å². The van der Waals surface area contributed by atoms with E-state index in [2.05, 4.69) is 22.3 Å². The van der Waals surface area contributed by atoms with Crippen molar-refractivity contribution in [3.05, 3.63) is 18.5 Å². The van der Waals surface area contributed by atoms with Gasteiger partial charge in [-0.05, 0) is 19.4 Å². The minimum absolute atomic E-state index is 0.0928. The molecule has 0 atom stereocenters. The monoisotopic (exact) mass is 302 g/mol. The van der Waals surface area contributed by atoms with Crippen LogP contribution in [0.15, 0.2) is 23.5 Å². The molecule has 0 saturated heterocycles. The van der Waals surface area contributed by atoms with E-state index in [4.69, 9.17) is 0 Å². The third kappa shape index (κ3) is 4.55. The number of hydrogen-bond donors (Lipinski definition) is 1.